The van der Waals surface area contributed by atoms with E-state index >= 15 is 0 Å². The van der Waals surface area contributed by atoms with Crippen LogP contribution < -0.4 is 43.0 Å². The standard InChI is InChI=1S/C43H64N12O6/c1-30(40(59)51-35(42(61)49-31(2)56)13-9-18-47-43(44)45)48-38(57)28-46-19-23-53-26-24-52(25-27-53)20-8-7-10-32-16-21-54(22-17-32)29-39(58)55-36-14-5-3-11-33(36)41(60)50-34-12-4-6-15-37(34)55/h3-6,11-12,14-15,30,32,35,46H,7-10,13,16-29H2,1-2H3,(H,48,57)(H,50,60)(H,51,59)(H4,44,45,47)(H,49,56,61)/t30-,35-/m0/s1. The molecule has 18 heteroatoms. The van der Waals surface area contributed by atoms with Gasteiger partial charge in [-0.15, -0.1) is 0 Å². The highest BCUT2D eigenvalue weighted by Crippen LogP contribution is 2.38. The van der Waals surface area contributed by atoms with Crippen LogP contribution in [-0.2, 0) is 24.0 Å². The van der Waals surface area contributed by atoms with Crippen LogP contribution in [0.3, 0.4) is 0 Å². The van der Waals surface area contributed by atoms with E-state index in [0.717, 1.165) is 71.6 Å². The maximum atomic E-state index is 13.8. The van der Waals surface area contributed by atoms with E-state index in [2.05, 4.69) is 46.3 Å². The number of likely N-dealkylation sites (tertiary alicyclic amines) is 1. The van der Waals surface area contributed by atoms with E-state index in [1.165, 1.54) is 26.7 Å². The van der Waals surface area contributed by atoms with E-state index in [0.29, 0.717) is 48.1 Å². The van der Waals surface area contributed by atoms with Gasteiger partial charge in [0.05, 0.1) is 35.7 Å². The Hall–Kier alpha value is -5.43. The molecule has 5 rings (SSSR count). The molecule has 3 heterocycles. The number of para-hydroxylation sites is 3. The van der Waals surface area contributed by atoms with E-state index in [1.54, 1.807) is 11.0 Å². The highest BCUT2D eigenvalue weighted by atomic mass is 16.2. The number of nitrogens with two attached hydrogens (primary N) is 2. The van der Waals surface area contributed by atoms with Crippen LogP contribution in [-0.4, -0.2) is 147 Å². The zero-order chi connectivity index (χ0) is 43.7. The van der Waals surface area contributed by atoms with Crippen molar-refractivity contribution in [2.45, 2.75) is 70.9 Å². The van der Waals surface area contributed by atoms with Crippen molar-refractivity contribution in [3.63, 3.8) is 0 Å². The molecule has 3 aliphatic rings. The first-order valence-electron chi connectivity index (χ1n) is 21.5. The number of nitrogens with one attached hydrogen (secondary N) is 5. The number of imide groups is 1. The summed E-state index contributed by atoms with van der Waals surface area (Å²) in [5.41, 5.74) is 13.1. The summed E-state index contributed by atoms with van der Waals surface area (Å²) in [5.74, 6) is -1.76. The smallest absolute Gasteiger partial charge is 0.257 e. The Kier molecular flexibility index (Phi) is 18.0. The minimum absolute atomic E-state index is 0.0373. The molecule has 332 valence electrons. The fourth-order valence-corrected chi connectivity index (χ4v) is 8.05. The lowest BCUT2D eigenvalue weighted by Gasteiger charge is -2.35. The van der Waals surface area contributed by atoms with Crippen LogP contribution in [0.2, 0.25) is 0 Å². The summed E-state index contributed by atoms with van der Waals surface area (Å²) in [6.45, 7) is 11.6. The molecule has 18 nitrogen and oxygen atoms in total. The molecule has 0 unspecified atom stereocenters. The Labute approximate surface area is 358 Å². The zero-order valence-electron chi connectivity index (χ0n) is 35.6. The molecular weight excluding hydrogens is 781 g/mol. The summed E-state index contributed by atoms with van der Waals surface area (Å²) >= 11 is 0. The van der Waals surface area contributed by atoms with Gasteiger partial charge in [0.2, 0.25) is 29.5 Å². The molecule has 0 aromatic heterocycles. The van der Waals surface area contributed by atoms with Crippen molar-refractivity contribution in [2.75, 3.05) is 88.8 Å². The molecule has 2 atom stereocenters. The van der Waals surface area contributed by atoms with Gasteiger partial charge in [0.25, 0.3) is 5.91 Å². The number of guanidine groups is 1. The molecule has 2 aromatic carbocycles. The Morgan fingerprint density at radius 3 is 2.20 bits per heavy atom. The van der Waals surface area contributed by atoms with Crippen LogP contribution in [0.1, 0.15) is 69.2 Å². The number of piperazine rings is 1. The van der Waals surface area contributed by atoms with E-state index in [-0.39, 0.29) is 43.2 Å². The fourth-order valence-electron chi connectivity index (χ4n) is 8.05. The van der Waals surface area contributed by atoms with E-state index in [9.17, 15) is 28.8 Å². The minimum atomic E-state index is -0.992. The van der Waals surface area contributed by atoms with Crippen LogP contribution in [0.4, 0.5) is 17.1 Å². The van der Waals surface area contributed by atoms with Crippen LogP contribution in [0.5, 0.6) is 0 Å². The van der Waals surface area contributed by atoms with Gasteiger partial charge in [-0.05, 0) is 88.8 Å². The van der Waals surface area contributed by atoms with Gasteiger partial charge >= 0.3 is 0 Å². The van der Waals surface area contributed by atoms with Gasteiger partial charge in [-0.3, -0.25) is 53.8 Å². The number of benzene rings is 2. The van der Waals surface area contributed by atoms with Gasteiger partial charge in [-0.1, -0.05) is 37.1 Å². The Balaban J connectivity index is 0.909. The second-order valence-corrected chi connectivity index (χ2v) is 16.1. The number of aliphatic imine (C=N–C) groups is 1. The fraction of sp³-hybridized carbons (Fsp3) is 0.558. The number of anilines is 3. The maximum absolute atomic E-state index is 13.8. The minimum Gasteiger partial charge on any atom is -0.370 e. The van der Waals surface area contributed by atoms with E-state index < -0.39 is 29.8 Å². The summed E-state index contributed by atoms with van der Waals surface area (Å²) in [4.78, 5) is 88.7. The molecule has 0 aliphatic carbocycles. The van der Waals surface area contributed by atoms with Crippen molar-refractivity contribution in [1.82, 2.24) is 36.0 Å². The SMILES string of the molecule is CC(=O)NC(=O)[C@H](CCCN=C(N)N)NC(=O)[C@H](C)NC(=O)CNCCN1CCN(CCCCC2CCN(CC(=O)N3c4ccccc4NC(=O)c4ccccc43)CC2)CC1. The summed E-state index contributed by atoms with van der Waals surface area (Å²) in [6, 6.07) is 12.8. The number of carbonyl (C=O) groups is 6. The number of amides is 6. The molecule has 0 bridgehead atoms. The van der Waals surface area contributed by atoms with Gasteiger partial charge in [-0.25, -0.2) is 0 Å². The summed E-state index contributed by atoms with van der Waals surface area (Å²) in [6.07, 6.45) is 6.30. The highest BCUT2D eigenvalue weighted by Gasteiger charge is 2.31. The Morgan fingerprint density at radius 2 is 1.49 bits per heavy atom. The van der Waals surface area contributed by atoms with Gasteiger partial charge in [0, 0.05) is 52.7 Å². The number of hydrogen-bond acceptors (Lipinski definition) is 11. The molecule has 6 amide bonds. The quantitative estimate of drug-likeness (QED) is 0.0555. The number of rotatable bonds is 20. The molecule has 2 fully saturated rings. The average Bonchev–Trinajstić information content (AvgIpc) is 3.36. The van der Waals surface area contributed by atoms with Gasteiger partial charge < -0.3 is 37.6 Å². The van der Waals surface area contributed by atoms with Crippen molar-refractivity contribution in [2.24, 2.45) is 22.4 Å². The first kappa shape index (κ1) is 46.6. The summed E-state index contributed by atoms with van der Waals surface area (Å²) in [5, 5.41) is 13.6. The highest BCUT2D eigenvalue weighted by molar-refractivity contribution is 6.18. The summed E-state index contributed by atoms with van der Waals surface area (Å²) in [7, 11) is 0. The van der Waals surface area contributed by atoms with Crippen molar-refractivity contribution in [1.29, 1.82) is 0 Å². The molecule has 9 N–H and O–H groups in total. The molecule has 0 saturated carbocycles. The lowest BCUT2D eigenvalue weighted by molar-refractivity contribution is -0.134. The molecular formula is C43H64N12O6. The van der Waals surface area contributed by atoms with Gasteiger partial charge in [-0.2, -0.15) is 0 Å². The lowest BCUT2D eigenvalue weighted by atomic mass is 9.91. The topological polar surface area (TPSA) is 240 Å². The van der Waals surface area contributed by atoms with Crippen molar-refractivity contribution >= 4 is 58.5 Å². The number of nitrogens with zero attached hydrogens (tertiary/aromatic N) is 5. The second-order valence-electron chi connectivity index (χ2n) is 16.1. The first-order valence-corrected chi connectivity index (χ1v) is 21.5. The van der Waals surface area contributed by atoms with Gasteiger partial charge in [0.1, 0.15) is 12.1 Å². The Bertz CT molecular complexity index is 1860. The second kappa shape index (κ2) is 23.5. The molecule has 61 heavy (non-hydrogen) atoms. The number of carbonyl (C=O) groups excluding carboxylic acids is 6. The molecule has 2 aromatic rings. The van der Waals surface area contributed by atoms with Crippen molar-refractivity contribution in [3.8, 4) is 0 Å². The number of unbranched alkanes of at least 4 members (excludes halogenated alkanes) is 1. The molecule has 0 spiro atoms. The predicted octanol–water partition coefficient (Wildman–Crippen LogP) is 0.712. The van der Waals surface area contributed by atoms with E-state index in [1.807, 2.05) is 42.5 Å². The normalized spacial score (nSPS) is 17.1. The molecule has 3 aliphatic heterocycles. The predicted molar refractivity (Wildman–Crippen MR) is 235 cm³/mol. The summed E-state index contributed by atoms with van der Waals surface area (Å²) < 4.78 is 0. The van der Waals surface area contributed by atoms with Crippen LogP contribution in [0.15, 0.2) is 53.5 Å². The number of hydrogen-bond donors (Lipinski definition) is 7. The maximum Gasteiger partial charge on any atom is 0.257 e. The van der Waals surface area contributed by atoms with Crippen LogP contribution >= 0.6 is 0 Å². The molecule has 2 saturated heterocycles. The first-order chi connectivity index (χ1) is 29.4. The zero-order valence-corrected chi connectivity index (χ0v) is 35.6. The van der Waals surface area contributed by atoms with Crippen LogP contribution in [0, 0.1) is 5.92 Å². The van der Waals surface area contributed by atoms with Crippen LogP contribution in [0.25, 0.3) is 0 Å². The van der Waals surface area contributed by atoms with Gasteiger partial charge in [0.15, 0.2) is 5.96 Å². The third kappa shape index (κ3) is 14.6. The molecule has 0 radical (unpaired) electrons. The monoisotopic (exact) mass is 845 g/mol. The largest absolute Gasteiger partial charge is 0.370 e. The third-order valence-electron chi connectivity index (χ3n) is 11.4. The average molecular weight is 845 g/mol. The third-order valence-corrected chi connectivity index (χ3v) is 11.4. The Morgan fingerprint density at radius 1 is 0.820 bits per heavy atom. The van der Waals surface area contributed by atoms with Crippen molar-refractivity contribution in [3.05, 3.63) is 54.1 Å². The lowest BCUT2D eigenvalue weighted by Crippen LogP contribution is -2.54. The van der Waals surface area contributed by atoms with Crippen molar-refractivity contribution < 1.29 is 28.8 Å². The number of piperidine rings is 1. The number of fused-ring (bicyclic) bond motifs is 2. The van der Waals surface area contributed by atoms with E-state index in [4.69, 9.17) is 11.5 Å².